The molecule has 4 rings (SSSR count). The van der Waals surface area contributed by atoms with Gasteiger partial charge in [0.1, 0.15) is 12.0 Å². The minimum absolute atomic E-state index is 0.0913. The zero-order valence-corrected chi connectivity index (χ0v) is 14.9. The first kappa shape index (κ1) is 17.1. The lowest BCUT2D eigenvalue weighted by atomic mass is 9.81. The van der Waals surface area contributed by atoms with E-state index in [1.165, 1.54) is 44.2 Å². The van der Waals surface area contributed by atoms with Crippen molar-refractivity contribution in [3.8, 4) is 0 Å². The summed E-state index contributed by atoms with van der Waals surface area (Å²) in [6.07, 6.45) is 14.5. The van der Waals surface area contributed by atoms with E-state index in [0.29, 0.717) is 30.3 Å². The Morgan fingerprint density at radius 2 is 1.60 bits per heavy atom. The number of carbonyl (C=O) groups excluding carboxylic acids is 1. The second-order valence-corrected chi connectivity index (χ2v) is 8.10. The molecular formula is C20H30N2O3. The van der Waals surface area contributed by atoms with Crippen LogP contribution >= 0.6 is 0 Å². The predicted octanol–water partition coefficient (Wildman–Crippen LogP) is 2.72. The summed E-state index contributed by atoms with van der Waals surface area (Å²) in [5.74, 6) is 1.90. The van der Waals surface area contributed by atoms with Gasteiger partial charge in [-0.25, -0.2) is 0 Å². The van der Waals surface area contributed by atoms with Crippen LogP contribution in [0.1, 0.15) is 64.2 Å². The summed E-state index contributed by atoms with van der Waals surface area (Å²) in [5, 5.41) is 16.7. The fourth-order valence-corrected chi connectivity index (χ4v) is 4.93. The van der Waals surface area contributed by atoms with Crippen molar-refractivity contribution < 1.29 is 14.6 Å². The van der Waals surface area contributed by atoms with Crippen molar-refractivity contribution in [2.45, 2.75) is 82.5 Å². The summed E-state index contributed by atoms with van der Waals surface area (Å²) in [5.41, 5.74) is 1.27. The maximum Gasteiger partial charge on any atom is 0.314 e. The second kappa shape index (κ2) is 7.50. The molecule has 0 aromatic carbocycles. The van der Waals surface area contributed by atoms with Gasteiger partial charge < -0.3 is 20.5 Å². The van der Waals surface area contributed by atoms with Crippen LogP contribution in [0, 0.1) is 11.8 Å². The van der Waals surface area contributed by atoms with Gasteiger partial charge in [0.2, 0.25) is 0 Å². The van der Waals surface area contributed by atoms with Crippen LogP contribution in [-0.4, -0.2) is 29.4 Å². The van der Waals surface area contributed by atoms with Gasteiger partial charge in [-0.15, -0.1) is 0 Å². The van der Waals surface area contributed by atoms with Gasteiger partial charge in [-0.05, 0) is 63.4 Å². The summed E-state index contributed by atoms with van der Waals surface area (Å²) in [6, 6.07) is 1.24. The van der Waals surface area contributed by atoms with Gasteiger partial charge in [-0.3, -0.25) is 4.79 Å². The number of ether oxygens (including phenoxy) is 1. The van der Waals surface area contributed by atoms with Gasteiger partial charge >= 0.3 is 5.97 Å². The van der Waals surface area contributed by atoms with Crippen LogP contribution in [0.3, 0.4) is 0 Å². The van der Waals surface area contributed by atoms with E-state index >= 15 is 0 Å². The Labute approximate surface area is 149 Å². The first-order valence-corrected chi connectivity index (χ1v) is 9.99. The molecular weight excluding hydrogens is 316 g/mol. The molecule has 5 heteroatoms. The third kappa shape index (κ3) is 4.09. The van der Waals surface area contributed by atoms with Crippen LogP contribution in [0.15, 0.2) is 23.6 Å². The van der Waals surface area contributed by atoms with Crippen molar-refractivity contribution >= 4 is 5.97 Å². The molecule has 1 atom stereocenters. The van der Waals surface area contributed by atoms with Gasteiger partial charge in [0, 0.05) is 30.1 Å². The highest BCUT2D eigenvalue weighted by atomic mass is 16.5. The average Bonchev–Trinajstić information content (AvgIpc) is 3.25. The Morgan fingerprint density at radius 3 is 2.12 bits per heavy atom. The molecule has 4 aliphatic rings. The smallest absolute Gasteiger partial charge is 0.314 e. The van der Waals surface area contributed by atoms with Gasteiger partial charge in [0.15, 0.2) is 0 Å². The number of aliphatic hydroxyl groups excluding tert-OH is 1. The average molecular weight is 346 g/mol. The molecule has 3 N–H and O–H groups in total. The van der Waals surface area contributed by atoms with Gasteiger partial charge in [0.25, 0.3) is 0 Å². The summed E-state index contributed by atoms with van der Waals surface area (Å²) in [6.45, 7) is 0. The fourth-order valence-electron chi connectivity index (χ4n) is 4.93. The van der Waals surface area contributed by atoms with Crippen LogP contribution in [0.2, 0.25) is 0 Å². The third-order valence-corrected chi connectivity index (χ3v) is 6.36. The third-order valence-electron chi connectivity index (χ3n) is 6.36. The normalized spacial score (nSPS) is 38.8. The monoisotopic (exact) mass is 346 g/mol. The Morgan fingerprint density at radius 1 is 0.960 bits per heavy atom. The van der Waals surface area contributed by atoms with Gasteiger partial charge in [0.05, 0.1) is 6.42 Å². The summed E-state index contributed by atoms with van der Waals surface area (Å²) in [7, 11) is 0. The molecule has 0 saturated heterocycles. The Bertz CT molecular complexity index is 555. The highest BCUT2D eigenvalue weighted by Crippen LogP contribution is 2.35. The number of carbonyl (C=O) groups is 1. The van der Waals surface area contributed by atoms with Crippen molar-refractivity contribution in [1.29, 1.82) is 0 Å². The zero-order valence-electron chi connectivity index (χ0n) is 14.9. The Kier molecular flexibility index (Phi) is 5.13. The van der Waals surface area contributed by atoms with E-state index in [-0.39, 0.29) is 12.2 Å². The van der Waals surface area contributed by atoms with Crippen molar-refractivity contribution in [2.24, 2.45) is 11.8 Å². The van der Waals surface area contributed by atoms with Gasteiger partial charge in [-0.2, -0.15) is 0 Å². The molecule has 2 aliphatic heterocycles. The largest absolute Gasteiger partial charge is 0.431 e. The topological polar surface area (TPSA) is 70.6 Å². The summed E-state index contributed by atoms with van der Waals surface area (Å²) >= 11 is 0. The molecule has 2 heterocycles. The highest BCUT2D eigenvalue weighted by Gasteiger charge is 2.31. The maximum atomic E-state index is 11.3. The maximum absolute atomic E-state index is 11.3. The molecule has 25 heavy (non-hydrogen) atoms. The summed E-state index contributed by atoms with van der Waals surface area (Å²) in [4.78, 5) is 11.3. The molecule has 0 radical (unpaired) electrons. The quantitative estimate of drug-likeness (QED) is 0.683. The molecule has 0 aromatic heterocycles. The number of hydrogen-bond acceptors (Lipinski definition) is 5. The first-order chi connectivity index (χ1) is 12.2. The number of nitrogens with one attached hydrogen (secondary N) is 2. The molecule has 2 aliphatic carbocycles. The lowest BCUT2D eigenvalue weighted by Crippen LogP contribution is -2.43. The molecule has 138 valence electrons. The molecule has 0 spiro atoms. The van der Waals surface area contributed by atoms with E-state index in [1.807, 2.05) is 6.08 Å². The molecule has 1 unspecified atom stereocenters. The zero-order chi connectivity index (χ0) is 17.2. The van der Waals surface area contributed by atoms with Crippen molar-refractivity contribution in [1.82, 2.24) is 10.6 Å². The van der Waals surface area contributed by atoms with Crippen molar-refractivity contribution in [3.63, 3.8) is 0 Å². The highest BCUT2D eigenvalue weighted by molar-refractivity contribution is 5.75. The van der Waals surface area contributed by atoms with Crippen LogP contribution < -0.4 is 10.6 Å². The lowest BCUT2D eigenvalue weighted by molar-refractivity contribution is -0.137. The number of esters is 1. The lowest BCUT2D eigenvalue weighted by Gasteiger charge is -2.35. The van der Waals surface area contributed by atoms with E-state index < -0.39 is 0 Å². The van der Waals surface area contributed by atoms with Gasteiger partial charge in [-0.1, -0.05) is 6.08 Å². The molecule has 2 saturated carbocycles. The standard InChI is InChI=1S/C20H30N2O3/c23-19-11-9-17(22-19)13-1-5-15(6-2-13)21-16-7-3-14(4-8-16)18-10-12-20(24)25-18/h9-10,13-16,19,21-23H,1-8,11-12H2. The Balaban J connectivity index is 1.18. The van der Waals surface area contributed by atoms with E-state index in [1.54, 1.807) is 0 Å². The Hall–Kier alpha value is -1.33. The van der Waals surface area contributed by atoms with Crippen LogP contribution in [0.25, 0.3) is 0 Å². The SMILES string of the molecule is O=C1CC=C(C2CCC(NC3CCC(C4=CCC(O)N4)CC3)CC2)O1. The fraction of sp³-hybridized carbons (Fsp3) is 0.750. The molecule has 0 amide bonds. The van der Waals surface area contributed by atoms with E-state index in [4.69, 9.17) is 4.74 Å². The number of rotatable bonds is 4. The number of cyclic esters (lactones) is 1. The van der Waals surface area contributed by atoms with E-state index in [9.17, 15) is 9.90 Å². The van der Waals surface area contributed by atoms with Crippen molar-refractivity contribution in [2.75, 3.05) is 0 Å². The predicted molar refractivity (Wildman–Crippen MR) is 95.3 cm³/mol. The molecule has 5 nitrogen and oxygen atoms in total. The van der Waals surface area contributed by atoms with E-state index in [2.05, 4.69) is 16.7 Å². The van der Waals surface area contributed by atoms with Crippen LogP contribution in [0.5, 0.6) is 0 Å². The first-order valence-electron chi connectivity index (χ1n) is 9.99. The number of hydrogen-bond donors (Lipinski definition) is 3. The number of aliphatic hydroxyl groups is 1. The van der Waals surface area contributed by atoms with Crippen molar-refractivity contribution in [3.05, 3.63) is 23.6 Å². The molecule has 2 fully saturated rings. The van der Waals surface area contributed by atoms with E-state index in [0.717, 1.165) is 25.0 Å². The van der Waals surface area contributed by atoms with Crippen LogP contribution in [0.4, 0.5) is 0 Å². The second-order valence-electron chi connectivity index (χ2n) is 8.10. The minimum atomic E-state index is -0.365. The summed E-state index contributed by atoms with van der Waals surface area (Å²) < 4.78 is 5.33. The minimum Gasteiger partial charge on any atom is -0.431 e. The van der Waals surface area contributed by atoms with Crippen LogP contribution in [-0.2, 0) is 9.53 Å². The molecule has 0 aromatic rings. The number of allylic oxidation sites excluding steroid dienone is 2. The molecule has 0 bridgehead atoms.